The fourth-order valence-corrected chi connectivity index (χ4v) is 2.32. The van der Waals surface area contributed by atoms with Gasteiger partial charge in [-0.2, -0.15) is 0 Å². The van der Waals surface area contributed by atoms with Gasteiger partial charge in [0.25, 0.3) is 0 Å². The van der Waals surface area contributed by atoms with E-state index >= 15 is 0 Å². The Morgan fingerprint density at radius 2 is 1.85 bits per heavy atom. The molecule has 0 spiro atoms. The Hall–Kier alpha value is -1.16. The minimum Gasteiger partial charge on any atom is -0.309 e. The summed E-state index contributed by atoms with van der Waals surface area (Å²) >= 11 is 12.3. The second kappa shape index (κ2) is 7.02. The van der Waals surface area contributed by atoms with Gasteiger partial charge in [0.15, 0.2) is 0 Å². The average Bonchev–Trinajstić information content (AvgIpc) is 2.41. The zero-order chi connectivity index (χ0) is 14.5. The Labute approximate surface area is 129 Å². The topological polar surface area (TPSA) is 37.8 Å². The van der Waals surface area contributed by atoms with Crippen LogP contribution in [0.3, 0.4) is 0 Å². The van der Waals surface area contributed by atoms with Crippen LogP contribution in [0.4, 0.5) is 0 Å². The molecule has 0 saturated heterocycles. The molecule has 106 valence electrons. The molecule has 0 unspecified atom stereocenters. The highest BCUT2D eigenvalue weighted by molar-refractivity contribution is 6.36. The maximum atomic E-state index is 6.17. The van der Waals surface area contributed by atoms with Crippen LogP contribution in [0, 0.1) is 0 Å². The van der Waals surface area contributed by atoms with Gasteiger partial charge in [0, 0.05) is 35.2 Å². The van der Waals surface area contributed by atoms with Gasteiger partial charge in [0.05, 0.1) is 5.69 Å². The number of benzene rings is 1. The van der Waals surface area contributed by atoms with Gasteiger partial charge in [-0.3, -0.25) is 0 Å². The van der Waals surface area contributed by atoms with E-state index in [0.29, 0.717) is 22.5 Å². The average molecular weight is 310 g/mol. The van der Waals surface area contributed by atoms with E-state index in [1.165, 1.54) is 0 Å². The standard InChI is InChI=1S/C15H17Cl2N3/c1-10(2)19-9-11-6-7-18-15(20-11)8-12-13(16)4-3-5-14(12)17/h3-7,10,19H,8-9H2,1-2H3. The van der Waals surface area contributed by atoms with Gasteiger partial charge in [-0.15, -0.1) is 0 Å². The van der Waals surface area contributed by atoms with E-state index in [1.807, 2.05) is 24.3 Å². The number of halogens is 2. The third-order valence-electron chi connectivity index (χ3n) is 2.85. The van der Waals surface area contributed by atoms with Crippen molar-refractivity contribution in [3.63, 3.8) is 0 Å². The molecule has 1 heterocycles. The lowest BCUT2D eigenvalue weighted by atomic mass is 10.1. The van der Waals surface area contributed by atoms with Crippen molar-refractivity contribution in [3.8, 4) is 0 Å². The predicted octanol–water partition coefficient (Wildman–Crippen LogP) is 3.87. The molecule has 0 aliphatic heterocycles. The molecule has 3 nitrogen and oxygen atoms in total. The summed E-state index contributed by atoms with van der Waals surface area (Å²) in [6.45, 7) is 4.93. The van der Waals surface area contributed by atoms with E-state index in [4.69, 9.17) is 23.2 Å². The summed E-state index contributed by atoms with van der Waals surface area (Å²) < 4.78 is 0. The fourth-order valence-electron chi connectivity index (χ4n) is 1.79. The van der Waals surface area contributed by atoms with Crippen LogP contribution in [0.25, 0.3) is 0 Å². The highest BCUT2D eigenvalue weighted by Crippen LogP contribution is 2.25. The molecule has 20 heavy (non-hydrogen) atoms. The highest BCUT2D eigenvalue weighted by atomic mass is 35.5. The van der Waals surface area contributed by atoms with Crippen molar-refractivity contribution < 1.29 is 0 Å². The normalized spacial score (nSPS) is 11.1. The molecule has 2 rings (SSSR count). The van der Waals surface area contributed by atoms with Crippen LogP contribution in [-0.2, 0) is 13.0 Å². The lowest BCUT2D eigenvalue weighted by Crippen LogP contribution is -2.22. The molecule has 5 heteroatoms. The van der Waals surface area contributed by atoms with E-state index in [9.17, 15) is 0 Å². The van der Waals surface area contributed by atoms with E-state index in [-0.39, 0.29) is 0 Å². The second-order valence-electron chi connectivity index (χ2n) is 4.88. The summed E-state index contributed by atoms with van der Waals surface area (Å²) in [4.78, 5) is 8.82. The van der Waals surface area contributed by atoms with Gasteiger partial charge in [-0.1, -0.05) is 43.1 Å². The Morgan fingerprint density at radius 1 is 1.15 bits per heavy atom. The summed E-state index contributed by atoms with van der Waals surface area (Å²) in [5, 5.41) is 4.62. The molecule has 1 aromatic carbocycles. The summed E-state index contributed by atoms with van der Waals surface area (Å²) in [6.07, 6.45) is 2.30. The molecule has 0 radical (unpaired) electrons. The molecule has 0 bridgehead atoms. The Bertz CT molecular complexity index is 565. The van der Waals surface area contributed by atoms with E-state index in [1.54, 1.807) is 6.20 Å². The SMILES string of the molecule is CC(C)NCc1ccnc(Cc2c(Cl)cccc2Cl)n1. The fraction of sp³-hybridized carbons (Fsp3) is 0.333. The maximum absolute atomic E-state index is 6.17. The zero-order valence-electron chi connectivity index (χ0n) is 11.5. The van der Waals surface area contributed by atoms with Crippen molar-refractivity contribution in [2.45, 2.75) is 32.9 Å². The first-order valence-corrected chi connectivity index (χ1v) is 7.29. The summed E-state index contributed by atoms with van der Waals surface area (Å²) in [7, 11) is 0. The van der Waals surface area contributed by atoms with E-state index in [2.05, 4.69) is 29.1 Å². The largest absolute Gasteiger partial charge is 0.309 e. The van der Waals surface area contributed by atoms with Crippen molar-refractivity contribution in [1.29, 1.82) is 0 Å². The number of rotatable bonds is 5. The Morgan fingerprint density at radius 3 is 2.50 bits per heavy atom. The molecule has 0 saturated carbocycles. The Balaban J connectivity index is 2.15. The third-order valence-corrected chi connectivity index (χ3v) is 3.56. The van der Waals surface area contributed by atoms with Gasteiger partial charge >= 0.3 is 0 Å². The molecule has 1 aromatic heterocycles. The van der Waals surface area contributed by atoms with Gasteiger partial charge in [0.2, 0.25) is 0 Å². The van der Waals surface area contributed by atoms with Gasteiger partial charge in [-0.25, -0.2) is 9.97 Å². The lowest BCUT2D eigenvalue weighted by molar-refractivity contribution is 0.579. The van der Waals surface area contributed by atoms with Crippen LogP contribution in [0.2, 0.25) is 10.0 Å². The summed E-state index contributed by atoms with van der Waals surface area (Å²) in [6, 6.07) is 7.82. The van der Waals surface area contributed by atoms with E-state index in [0.717, 1.165) is 23.6 Å². The lowest BCUT2D eigenvalue weighted by Gasteiger charge is -2.09. The van der Waals surface area contributed by atoms with Crippen molar-refractivity contribution in [2.75, 3.05) is 0 Å². The number of nitrogens with zero attached hydrogens (tertiary/aromatic N) is 2. The zero-order valence-corrected chi connectivity index (χ0v) is 13.0. The van der Waals surface area contributed by atoms with Crippen LogP contribution < -0.4 is 5.32 Å². The molecule has 2 aromatic rings. The van der Waals surface area contributed by atoms with Crippen LogP contribution in [0.15, 0.2) is 30.5 Å². The first kappa shape index (κ1) is 15.2. The first-order chi connectivity index (χ1) is 9.56. The third kappa shape index (κ3) is 4.17. The van der Waals surface area contributed by atoms with Gasteiger partial charge in [0.1, 0.15) is 5.82 Å². The second-order valence-corrected chi connectivity index (χ2v) is 5.69. The van der Waals surface area contributed by atoms with Crippen molar-refractivity contribution >= 4 is 23.2 Å². The first-order valence-electron chi connectivity index (χ1n) is 6.53. The number of hydrogen-bond acceptors (Lipinski definition) is 3. The maximum Gasteiger partial charge on any atom is 0.133 e. The Kier molecular flexibility index (Phi) is 5.35. The quantitative estimate of drug-likeness (QED) is 0.911. The molecule has 1 N–H and O–H groups in total. The van der Waals surface area contributed by atoms with E-state index < -0.39 is 0 Å². The summed E-state index contributed by atoms with van der Waals surface area (Å²) in [5.74, 6) is 0.725. The van der Waals surface area contributed by atoms with Crippen LogP contribution in [-0.4, -0.2) is 16.0 Å². The predicted molar refractivity (Wildman–Crippen MR) is 83.3 cm³/mol. The molecule has 0 aliphatic carbocycles. The molecule has 0 atom stereocenters. The number of nitrogens with one attached hydrogen (secondary N) is 1. The van der Waals surface area contributed by atoms with Crippen LogP contribution >= 0.6 is 23.2 Å². The summed E-state index contributed by atoms with van der Waals surface area (Å²) in [5.41, 5.74) is 1.83. The minimum atomic E-state index is 0.423. The molecule has 0 aliphatic rings. The van der Waals surface area contributed by atoms with Gasteiger partial charge in [-0.05, 0) is 23.8 Å². The molecule has 0 fully saturated rings. The minimum absolute atomic E-state index is 0.423. The number of hydrogen-bond donors (Lipinski definition) is 1. The highest BCUT2D eigenvalue weighted by Gasteiger charge is 2.09. The van der Waals surface area contributed by atoms with Crippen molar-refractivity contribution in [1.82, 2.24) is 15.3 Å². The van der Waals surface area contributed by atoms with Crippen molar-refractivity contribution in [3.05, 3.63) is 57.6 Å². The molecule has 0 amide bonds. The van der Waals surface area contributed by atoms with Crippen LogP contribution in [0.5, 0.6) is 0 Å². The number of aromatic nitrogens is 2. The van der Waals surface area contributed by atoms with Crippen molar-refractivity contribution in [2.24, 2.45) is 0 Å². The molecular weight excluding hydrogens is 293 g/mol. The molecular formula is C15H17Cl2N3. The monoisotopic (exact) mass is 309 g/mol. The van der Waals surface area contributed by atoms with Crippen LogP contribution in [0.1, 0.15) is 30.9 Å². The van der Waals surface area contributed by atoms with Gasteiger partial charge < -0.3 is 5.32 Å². The smallest absolute Gasteiger partial charge is 0.133 e.